The lowest BCUT2D eigenvalue weighted by molar-refractivity contribution is -0.143. The molecule has 2 aromatic heterocycles. The summed E-state index contributed by atoms with van der Waals surface area (Å²) in [5.74, 6) is -2.44. The van der Waals surface area contributed by atoms with Crippen molar-refractivity contribution < 1.29 is 27.9 Å². The number of Topliss-reactive ketones (excluding diaryl/α,β-unsaturated/α-hetero) is 1. The highest BCUT2D eigenvalue weighted by Gasteiger charge is 2.24. The second-order valence-electron chi connectivity index (χ2n) is 10.8. The van der Waals surface area contributed by atoms with E-state index in [1.165, 1.54) is 15.3 Å². The molecule has 44 heavy (non-hydrogen) atoms. The average Bonchev–Trinajstić information content (AvgIpc) is 3.28. The van der Waals surface area contributed by atoms with Gasteiger partial charge in [-0.2, -0.15) is 0 Å². The summed E-state index contributed by atoms with van der Waals surface area (Å²) < 4.78 is 36.5. The number of primary amides is 1. The predicted octanol–water partition coefficient (Wildman–Crippen LogP) is 5.40. The van der Waals surface area contributed by atoms with Crippen molar-refractivity contribution in [2.75, 3.05) is 6.61 Å². The van der Waals surface area contributed by atoms with E-state index in [0.29, 0.717) is 35.1 Å². The number of nitrogens with zero attached hydrogens (tertiary/aromatic N) is 4. The third kappa shape index (κ3) is 11.8. The van der Waals surface area contributed by atoms with Crippen LogP contribution in [-0.4, -0.2) is 43.8 Å². The van der Waals surface area contributed by atoms with Crippen LogP contribution in [0.3, 0.4) is 0 Å². The summed E-state index contributed by atoms with van der Waals surface area (Å²) in [6.07, 6.45) is 4.66. The van der Waals surface area contributed by atoms with Crippen LogP contribution in [0.4, 0.5) is 8.78 Å². The number of ether oxygens (including phenoxy) is 1. The topological polar surface area (TPSA) is 139 Å². The van der Waals surface area contributed by atoms with Gasteiger partial charge < -0.3 is 19.8 Å². The van der Waals surface area contributed by atoms with Gasteiger partial charge in [-0.1, -0.05) is 32.4 Å². The zero-order chi connectivity index (χ0) is 33.6. The Kier molecular flexibility index (Phi) is 15.8. The van der Waals surface area contributed by atoms with Crippen LogP contribution in [-0.2, 0) is 28.4 Å². The normalized spacial score (nSPS) is 11.2. The van der Waals surface area contributed by atoms with E-state index in [-0.39, 0.29) is 29.7 Å². The molecule has 0 aliphatic carbocycles. The Morgan fingerprint density at radius 2 is 1.75 bits per heavy atom. The van der Waals surface area contributed by atoms with E-state index in [4.69, 9.17) is 10.5 Å². The van der Waals surface area contributed by atoms with E-state index in [1.54, 1.807) is 53.2 Å². The number of pyridine rings is 1. The van der Waals surface area contributed by atoms with Crippen LogP contribution in [0.2, 0.25) is 0 Å². The summed E-state index contributed by atoms with van der Waals surface area (Å²) in [4.78, 5) is 43.9. The molecule has 0 aliphatic rings. The monoisotopic (exact) mass is 617 g/mol. The first-order valence-electron chi connectivity index (χ1n) is 14.6. The maximum absolute atomic E-state index is 14.5. The molecule has 2 N–H and O–H groups in total. The van der Waals surface area contributed by atoms with Crippen LogP contribution in [0.1, 0.15) is 94.3 Å². The Labute approximate surface area is 257 Å². The van der Waals surface area contributed by atoms with Gasteiger partial charge in [0.05, 0.1) is 24.4 Å². The molecule has 0 unspecified atom stereocenters. The second-order valence-corrected chi connectivity index (χ2v) is 10.8. The van der Waals surface area contributed by atoms with Gasteiger partial charge in [0, 0.05) is 32.3 Å². The zero-order valence-corrected chi connectivity index (χ0v) is 26.9. The SMILES string of the molecule is CC(=O)CCC(C)C.CCC[C@@H](CC(=O)OCC)c1cc(-c2c(C)nnn2C)cc(F)c1F.Cn1cccc(C(N)=O)c1=O. The number of carbonyl (C=O) groups excluding carboxylic acids is 3. The minimum Gasteiger partial charge on any atom is -0.466 e. The van der Waals surface area contributed by atoms with Crippen LogP contribution in [0.15, 0.2) is 35.3 Å². The number of aryl methyl sites for hydroxylation is 3. The number of hydrogen-bond donors (Lipinski definition) is 1. The molecule has 2 heterocycles. The molecule has 0 bridgehead atoms. The Morgan fingerprint density at radius 1 is 1.09 bits per heavy atom. The molecule has 1 amide bonds. The maximum Gasteiger partial charge on any atom is 0.306 e. The van der Waals surface area contributed by atoms with E-state index >= 15 is 0 Å². The van der Waals surface area contributed by atoms with Gasteiger partial charge in [-0.15, -0.1) is 5.10 Å². The van der Waals surface area contributed by atoms with E-state index in [1.807, 2.05) is 6.92 Å². The van der Waals surface area contributed by atoms with Gasteiger partial charge in [0.1, 0.15) is 11.3 Å². The van der Waals surface area contributed by atoms with Gasteiger partial charge in [0.15, 0.2) is 11.6 Å². The highest BCUT2D eigenvalue weighted by atomic mass is 19.2. The lowest BCUT2D eigenvalue weighted by Crippen LogP contribution is -2.27. The number of carbonyl (C=O) groups is 3. The molecule has 1 atom stereocenters. The van der Waals surface area contributed by atoms with Crippen LogP contribution in [0.25, 0.3) is 11.3 Å². The fourth-order valence-corrected chi connectivity index (χ4v) is 4.31. The number of benzene rings is 1. The van der Waals surface area contributed by atoms with Crippen LogP contribution >= 0.6 is 0 Å². The Balaban J connectivity index is 0.000000417. The minimum atomic E-state index is -0.946. The van der Waals surface area contributed by atoms with Crippen LogP contribution < -0.4 is 11.3 Å². The standard InChI is InChI=1S/C18H23F2N3O2.C7H8N2O2.C7H14O/c1-5-7-12(10-16(24)25-6-2)14-8-13(9-15(19)17(14)20)18-11(3)21-22-23(18)4;1-9-4-2-3-5(6(8)10)7(9)11;1-6(2)4-5-7(3)8/h8-9,12H,5-7,10H2,1-4H3;2-4H,1H3,(H2,8,10);6H,4-5H2,1-3H3/t12-;;/m0../s1. The summed E-state index contributed by atoms with van der Waals surface area (Å²) >= 11 is 0. The van der Waals surface area contributed by atoms with Crippen molar-refractivity contribution in [3.63, 3.8) is 0 Å². The molecule has 3 aromatic rings. The van der Waals surface area contributed by atoms with Gasteiger partial charge in [-0.25, -0.2) is 13.5 Å². The number of hydrogen-bond acceptors (Lipinski definition) is 7. The maximum atomic E-state index is 14.5. The van der Waals surface area contributed by atoms with Gasteiger partial charge in [0.2, 0.25) is 0 Å². The number of halogens is 2. The molecule has 0 saturated heterocycles. The number of ketones is 1. The van der Waals surface area contributed by atoms with Gasteiger partial charge >= 0.3 is 5.97 Å². The fourth-order valence-electron chi connectivity index (χ4n) is 4.31. The smallest absolute Gasteiger partial charge is 0.306 e. The largest absolute Gasteiger partial charge is 0.466 e. The third-order valence-corrected chi connectivity index (χ3v) is 6.58. The molecule has 1 aromatic carbocycles. The number of amides is 1. The van der Waals surface area contributed by atoms with Crippen molar-refractivity contribution in [1.29, 1.82) is 0 Å². The van der Waals surface area contributed by atoms with Crippen molar-refractivity contribution in [1.82, 2.24) is 19.6 Å². The van der Waals surface area contributed by atoms with Gasteiger partial charge in [0.25, 0.3) is 11.5 Å². The van der Waals surface area contributed by atoms with Crippen LogP contribution in [0, 0.1) is 24.5 Å². The lowest BCUT2D eigenvalue weighted by atomic mass is 9.89. The number of rotatable bonds is 11. The van der Waals surface area contributed by atoms with E-state index in [0.717, 1.165) is 25.3 Å². The summed E-state index contributed by atoms with van der Waals surface area (Å²) in [6.45, 7) is 11.6. The fraction of sp³-hybridized carbons (Fsp3) is 0.500. The molecule has 3 rings (SSSR count). The van der Waals surface area contributed by atoms with Crippen molar-refractivity contribution in [3.8, 4) is 11.3 Å². The lowest BCUT2D eigenvalue weighted by Gasteiger charge is -2.18. The van der Waals surface area contributed by atoms with Crippen molar-refractivity contribution >= 4 is 17.7 Å². The molecule has 0 saturated carbocycles. The molecular weight excluding hydrogens is 572 g/mol. The van der Waals surface area contributed by atoms with Crippen LogP contribution in [0.5, 0.6) is 0 Å². The Bertz CT molecular complexity index is 1450. The van der Waals surface area contributed by atoms with Crippen molar-refractivity contribution in [3.05, 3.63) is 69.3 Å². The van der Waals surface area contributed by atoms with Crippen molar-refractivity contribution in [2.24, 2.45) is 25.7 Å². The van der Waals surface area contributed by atoms with Gasteiger partial charge in [-0.05, 0) is 75.3 Å². The Morgan fingerprint density at radius 3 is 2.20 bits per heavy atom. The molecule has 0 spiro atoms. The van der Waals surface area contributed by atoms with E-state index in [2.05, 4.69) is 24.2 Å². The quantitative estimate of drug-likeness (QED) is 0.284. The summed E-state index contributed by atoms with van der Waals surface area (Å²) in [6, 6.07) is 5.73. The third-order valence-electron chi connectivity index (χ3n) is 6.58. The minimum absolute atomic E-state index is 0.0180. The van der Waals surface area contributed by atoms with E-state index < -0.39 is 29.4 Å². The number of aromatic nitrogens is 4. The Hall–Kier alpha value is -4.22. The molecule has 12 heteroatoms. The molecule has 0 aliphatic heterocycles. The first-order valence-corrected chi connectivity index (χ1v) is 14.6. The zero-order valence-electron chi connectivity index (χ0n) is 26.9. The highest BCUT2D eigenvalue weighted by Crippen LogP contribution is 2.33. The first-order chi connectivity index (χ1) is 20.6. The number of nitrogens with two attached hydrogens (primary N) is 1. The summed E-state index contributed by atoms with van der Waals surface area (Å²) in [5, 5.41) is 7.86. The average molecular weight is 618 g/mol. The molecule has 0 fully saturated rings. The summed E-state index contributed by atoms with van der Waals surface area (Å²) in [5.41, 5.74) is 6.51. The van der Waals surface area contributed by atoms with E-state index in [9.17, 15) is 28.0 Å². The van der Waals surface area contributed by atoms with Crippen molar-refractivity contribution in [2.45, 2.75) is 79.6 Å². The summed E-state index contributed by atoms with van der Waals surface area (Å²) in [7, 11) is 3.26. The number of esters is 1. The molecule has 242 valence electrons. The second kappa shape index (κ2) is 18.4. The molecule has 10 nitrogen and oxygen atoms in total. The highest BCUT2D eigenvalue weighted by molar-refractivity contribution is 5.92. The predicted molar refractivity (Wildman–Crippen MR) is 165 cm³/mol. The molecular formula is C32H45F2N5O5. The molecule has 0 radical (unpaired) electrons. The first kappa shape index (κ1) is 37.8. The van der Waals surface area contributed by atoms with Gasteiger partial charge in [-0.3, -0.25) is 14.4 Å².